The van der Waals surface area contributed by atoms with E-state index in [0.29, 0.717) is 0 Å². The van der Waals surface area contributed by atoms with Crippen LogP contribution < -0.4 is 0 Å². The molecule has 0 radical (unpaired) electrons. The highest BCUT2D eigenvalue weighted by molar-refractivity contribution is 7.25. The Labute approximate surface area is 583 Å². The first kappa shape index (κ1) is 63.5. The second-order valence-corrected chi connectivity index (χ2v) is 27.9. The zero-order valence-electron chi connectivity index (χ0n) is 57.7. The highest BCUT2D eigenvalue weighted by atomic mass is 32.1. The molecule has 0 bridgehead atoms. The van der Waals surface area contributed by atoms with Crippen LogP contribution in [0.5, 0.6) is 0 Å². The summed E-state index contributed by atoms with van der Waals surface area (Å²) in [6, 6.07) is 112. The Morgan fingerprint density at radius 2 is 0.717 bits per heavy atom. The molecule has 1 aliphatic rings. The molecule has 4 nitrogen and oxygen atoms in total. The van der Waals surface area contributed by atoms with Crippen molar-refractivity contribution >= 4 is 119 Å². The van der Waals surface area contributed by atoms with Gasteiger partial charge in [0.25, 0.3) is 0 Å². The molecule has 482 valence electrons. The van der Waals surface area contributed by atoms with Crippen molar-refractivity contribution in [2.75, 3.05) is 0 Å². The molecule has 0 N–H and O–H groups in total. The lowest BCUT2D eigenvalue weighted by Crippen LogP contribution is -2.14. The molecule has 1 aliphatic carbocycles. The summed E-state index contributed by atoms with van der Waals surface area (Å²) in [5.41, 5.74) is 25.9. The van der Waals surface area contributed by atoms with Crippen LogP contribution in [0.25, 0.3) is 130 Å². The van der Waals surface area contributed by atoms with E-state index >= 15 is 0 Å². The third-order valence-electron chi connectivity index (χ3n) is 19.7. The number of thiophene rings is 1. The molecule has 5 heterocycles. The molecule has 5 heteroatoms. The average molecular weight is 1300 g/mol. The number of fused-ring (bicyclic) bond motifs is 18. The van der Waals surface area contributed by atoms with Crippen LogP contribution in [0.2, 0.25) is 0 Å². The minimum absolute atomic E-state index is 0.152. The zero-order chi connectivity index (χ0) is 67.9. The molecule has 0 aliphatic heterocycles. The summed E-state index contributed by atoms with van der Waals surface area (Å²) in [5.74, 6) is 0. The van der Waals surface area contributed by atoms with Gasteiger partial charge in [-0.2, -0.15) is 0 Å². The van der Waals surface area contributed by atoms with Crippen LogP contribution in [0.15, 0.2) is 320 Å². The van der Waals surface area contributed by atoms with Crippen LogP contribution in [0.3, 0.4) is 0 Å². The van der Waals surface area contributed by atoms with Gasteiger partial charge in [0.2, 0.25) is 0 Å². The fourth-order valence-electron chi connectivity index (χ4n) is 14.9. The number of furan rings is 1. The fourth-order valence-corrected chi connectivity index (χ4v) is 16.0. The van der Waals surface area contributed by atoms with Gasteiger partial charge in [-0.1, -0.05) is 261 Å². The Kier molecular flexibility index (Phi) is 17.2. The number of nitrogens with zero attached hydrogens (tertiary/aromatic N) is 3. The lowest BCUT2D eigenvalue weighted by molar-refractivity contribution is 0.660. The van der Waals surface area contributed by atoms with Crippen molar-refractivity contribution in [2.45, 2.75) is 60.8 Å². The predicted molar refractivity (Wildman–Crippen MR) is 427 cm³/mol. The molecule has 0 saturated heterocycles. The van der Waals surface area contributed by atoms with Gasteiger partial charge in [0.15, 0.2) is 0 Å². The van der Waals surface area contributed by atoms with Gasteiger partial charge in [-0.3, -0.25) is 0 Å². The van der Waals surface area contributed by atoms with Crippen LogP contribution in [0, 0.1) is 41.5 Å². The van der Waals surface area contributed by atoms with E-state index in [-0.39, 0.29) is 5.41 Å². The lowest BCUT2D eigenvalue weighted by atomic mass is 9.82. The van der Waals surface area contributed by atoms with Crippen LogP contribution in [0.1, 0.15) is 58.4 Å². The number of hydrogen-bond donors (Lipinski definition) is 0. The summed E-state index contributed by atoms with van der Waals surface area (Å²) in [7, 11) is 2.14. The third-order valence-corrected chi connectivity index (χ3v) is 20.8. The average Bonchev–Trinajstić information content (AvgIpc) is 1.59. The van der Waals surface area contributed by atoms with Gasteiger partial charge in [0.05, 0.1) is 27.6 Å². The first-order valence-electron chi connectivity index (χ1n) is 34.3. The minimum Gasteiger partial charge on any atom is -0.456 e. The number of rotatable bonds is 2. The van der Waals surface area contributed by atoms with Crippen molar-refractivity contribution in [3.63, 3.8) is 0 Å². The quantitative estimate of drug-likeness (QED) is 0.170. The molecule has 0 amide bonds. The molecule has 0 atom stereocenters. The zero-order valence-corrected chi connectivity index (χ0v) is 58.5. The Morgan fingerprint density at radius 3 is 1.41 bits per heavy atom. The molecular formula is C94H79N3OS. The smallest absolute Gasteiger partial charge is 0.135 e. The predicted octanol–water partition coefficient (Wildman–Crippen LogP) is 26.4. The maximum atomic E-state index is 5.71. The van der Waals surface area contributed by atoms with E-state index in [9.17, 15) is 0 Å². The SMILES string of the molecule is Cc1ccc2c(c1)-c1ccccc1C2(C)C.Cc1ccc2c(c1)c1ccccc1n2-c1ccccc1.Cc1ccc2oc3ccccc3c2c1.Cc1ccc2sc3ccccc3c2c1.Cc1cccc2c3ccccc3n(-c3ccccc3)c12.Cc1cccc2c3ccccc3n(C)c12. The van der Waals surface area contributed by atoms with Crippen LogP contribution in [0.4, 0.5) is 0 Å². The van der Waals surface area contributed by atoms with Crippen molar-refractivity contribution in [2.24, 2.45) is 7.05 Å². The largest absolute Gasteiger partial charge is 0.456 e. The summed E-state index contributed by atoms with van der Waals surface area (Å²) in [4.78, 5) is 0. The van der Waals surface area contributed by atoms with E-state index in [0.717, 1.165) is 11.2 Å². The van der Waals surface area contributed by atoms with Crippen LogP contribution >= 0.6 is 11.3 Å². The van der Waals surface area contributed by atoms with E-state index in [4.69, 9.17) is 4.42 Å². The third kappa shape index (κ3) is 12.0. The van der Waals surface area contributed by atoms with Crippen LogP contribution in [-0.4, -0.2) is 13.7 Å². The lowest BCUT2D eigenvalue weighted by Gasteiger charge is -2.21. The van der Waals surface area contributed by atoms with Gasteiger partial charge < -0.3 is 18.1 Å². The van der Waals surface area contributed by atoms with Crippen molar-refractivity contribution in [3.8, 4) is 22.5 Å². The summed E-state index contributed by atoms with van der Waals surface area (Å²) in [5, 5.41) is 13.2. The monoisotopic (exact) mass is 1300 g/mol. The van der Waals surface area contributed by atoms with E-state index in [1.165, 1.54) is 163 Å². The summed E-state index contributed by atoms with van der Waals surface area (Å²) >= 11 is 1.87. The van der Waals surface area contributed by atoms with E-state index in [1.807, 2.05) is 35.6 Å². The van der Waals surface area contributed by atoms with Gasteiger partial charge in [-0.15, -0.1) is 11.3 Å². The second-order valence-electron chi connectivity index (χ2n) is 26.8. The molecular weight excluding hydrogens is 1220 g/mol. The number of hydrogen-bond acceptors (Lipinski definition) is 2. The summed E-state index contributed by atoms with van der Waals surface area (Å²) in [6.07, 6.45) is 0. The van der Waals surface area contributed by atoms with Gasteiger partial charge in [-0.05, 0) is 166 Å². The molecule has 99 heavy (non-hydrogen) atoms. The van der Waals surface area contributed by atoms with Gasteiger partial charge in [0.1, 0.15) is 11.2 Å². The van der Waals surface area contributed by atoms with E-state index in [2.05, 4.69) is 367 Å². The number of benzene rings is 14. The van der Waals surface area contributed by atoms with Crippen LogP contribution in [-0.2, 0) is 12.5 Å². The molecule has 20 rings (SSSR count). The summed E-state index contributed by atoms with van der Waals surface area (Å²) in [6.45, 7) is 17.5. The Balaban J connectivity index is 0.0000000973. The van der Waals surface area contributed by atoms with Gasteiger partial charge >= 0.3 is 0 Å². The van der Waals surface area contributed by atoms with Gasteiger partial charge in [-0.25, -0.2) is 0 Å². The second kappa shape index (κ2) is 26.8. The molecule has 14 aromatic carbocycles. The normalized spacial score (nSPS) is 12.0. The number of para-hydroxylation sites is 8. The molecule has 19 aromatic rings. The molecule has 0 unspecified atom stereocenters. The molecule has 0 saturated carbocycles. The Bertz CT molecular complexity index is 6050. The summed E-state index contributed by atoms with van der Waals surface area (Å²) < 4.78 is 15.5. The maximum Gasteiger partial charge on any atom is 0.135 e. The van der Waals surface area contributed by atoms with Crippen molar-refractivity contribution in [1.29, 1.82) is 0 Å². The standard InChI is InChI=1S/2C19H15N.C16H16.C14H13N.C13H10O.C13H10S/c1-14-8-7-12-17-16-11-5-6-13-18(16)20(19(14)17)15-9-3-2-4-10-15;1-14-11-12-19-17(13-14)16-9-5-6-10-18(16)20(19)15-7-3-2-4-8-15;1-11-8-9-15-13(10-11)12-6-4-5-7-14(12)16(15,2)3;1-10-6-5-8-12-11-7-3-4-9-13(11)15(2)14(10)12;2*1-9-6-7-13-11(8-9)10-4-2-3-5-12(10)14-13/h2*2-13H,1H3;4-10H,1-3H3;3-9H,1-2H3;2*2-8H,1H3. The maximum absolute atomic E-state index is 5.71. The topological polar surface area (TPSA) is 27.9 Å². The Morgan fingerprint density at radius 1 is 0.283 bits per heavy atom. The highest BCUT2D eigenvalue weighted by Gasteiger charge is 2.34. The number of aromatic nitrogens is 3. The van der Waals surface area contributed by atoms with E-state index < -0.39 is 0 Å². The molecule has 5 aromatic heterocycles. The minimum atomic E-state index is 0.152. The Hall–Kier alpha value is -11.5. The van der Waals surface area contributed by atoms with Crippen molar-refractivity contribution in [3.05, 3.63) is 360 Å². The van der Waals surface area contributed by atoms with Gasteiger partial charge in [0, 0.05) is 92.6 Å². The first-order valence-corrected chi connectivity index (χ1v) is 35.1. The number of aryl methyl sites for hydroxylation is 7. The first-order chi connectivity index (χ1) is 48.3. The van der Waals surface area contributed by atoms with Crippen molar-refractivity contribution in [1.82, 2.24) is 13.7 Å². The molecule has 0 spiro atoms. The van der Waals surface area contributed by atoms with E-state index in [1.54, 1.807) is 0 Å². The fraction of sp³-hybridized carbons (Fsp3) is 0.106. The van der Waals surface area contributed by atoms with Crippen molar-refractivity contribution < 1.29 is 4.42 Å². The highest BCUT2D eigenvalue weighted by Crippen LogP contribution is 2.49. The molecule has 0 fully saturated rings.